The Hall–Kier alpha value is -2.25. The summed E-state index contributed by atoms with van der Waals surface area (Å²) in [4.78, 5) is 15.3. The molecule has 128 valence electrons. The van der Waals surface area contributed by atoms with Crippen LogP contribution in [0.4, 0.5) is 4.79 Å². The summed E-state index contributed by atoms with van der Waals surface area (Å²) in [5, 5.41) is 13.0. The van der Waals surface area contributed by atoms with Crippen molar-refractivity contribution < 1.29 is 14.6 Å². The predicted molar refractivity (Wildman–Crippen MR) is 94.5 cm³/mol. The van der Waals surface area contributed by atoms with E-state index in [-0.39, 0.29) is 5.75 Å². The van der Waals surface area contributed by atoms with Crippen molar-refractivity contribution in [3.05, 3.63) is 34.7 Å². The summed E-state index contributed by atoms with van der Waals surface area (Å²) in [6.45, 7) is 5.10. The van der Waals surface area contributed by atoms with Crippen molar-refractivity contribution in [3.8, 4) is 21.9 Å². The lowest BCUT2D eigenvalue weighted by Gasteiger charge is -2.19. The van der Waals surface area contributed by atoms with Crippen LogP contribution in [0, 0.1) is 6.92 Å². The maximum absolute atomic E-state index is 10.8. The Kier molecular flexibility index (Phi) is 4.92. The number of hydrogen-bond acceptors (Lipinski definition) is 5. The summed E-state index contributed by atoms with van der Waals surface area (Å²) in [6, 6.07) is 7.44. The molecule has 1 aliphatic heterocycles. The molecule has 0 bridgehead atoms. The zero-order chi connectivity index (χ0) is 17.1. The molecule has 24 heavy (non-hydrogen) atoms. The summed E-state index contributed by atoms with van der Waals surface area (Å²) >= 11 is 1.70. The minimum absolute atomic E-state index is 0.172. The van der Waals surface area contributed by atoms with Gasteiger partial charge in [-0.1, -0.05) is 0 Å². The molecule has 2 aromatic rings. The van der Waals surface area contributed by atoms with E-state index in [9.17, 15) is 9.90 Å². The molecule has 6 nitrogen and oxygen atoms in total. The second-order valence-corrected chi connectivity index (χ2v) is 7.10. The number of ether oxygens (including phenoxy) is 1. The van der Waals surface area contributed by atoms with Crippen LogP contribution in [0.3, 0.4) is 0 Å². The van der Waals surface area contributed by atoms with Gasteiger partial charge in [-0.25, -0.2) is 4.79 Å². The fourth-order valence-electron chi connectivity index (χ4n) is 2.81. The minimum Gasteiger partial charge on any atom is -0.504 e. The number of hydrogen-bond donors (Lipinski definition) is 3. The Morgan fingerprint density at radius 1 is 1.46 bits per heavy atom. The van der Waals surface area contributed by atoms with Gasteiger partial charge in [-0.15, -0.1) is 11.3 Å². The topological polar surface area (TPSA) is 87.8 Å². The van der Waals surface area contributed by atoms with Crippen molar-refractivity contribution in [2.45, 2.75) is 13.5 Å². The van der Waals surface area contributed by atoms with Crippen LogP contribution >= 0.6 is 11.3 Å². The van der Waals surface area contributed by atoms with Crippen molar-refractivity contribution >= 4 is 17.4 Å². The van der Waals surface area contributed by atoms with Gasteiger partial charge in [0.15, 0.2) is 11.5 Å². The molecule has 0 atom stereocenters. The number of carbonyl (C=O) groups is 1. The molecule has 1 aromatic heterocycles. The molecule has 0 aliphatic carbocycles. The molecule has 2 amide bonds. The number of rotatable bonds is 4. The smallest absolute Gasteiger partial charge is 0.312 e. The molecule has 1 aromatic carbocycles. The number of nitrogens with one attached hydrogen (secondary N) is 1. The van der Waals surface area contributed by atoms with E-state index in [1.54, 1.807) is 17.4 Å². The van der Waals surface area contributed by atoms with Gasteiger partial charge < -0.3 is 20.9 Å². The number of primary amides is 1. The number of phenols is 1. The second kappa shape index (κ2) is 7.11. The number of fused-ring (bicyclic) bond motifs is 1. The van der Waals surface area contributed by atoms with Crippen LogP contribution in [0.2, 0.25) is 0 Å². The maximum atomic E-state index is 10.8. The van der Waals surface area contributed by atoms with Gasteiger partial charge in [0.25, 0.3) is 0 Å². The van der Waals surface area contributed by atoms with E-state index in [1.165, 1.54) is 4.88 Å². The summed E-state index contributed by atoms with van der Waals surface area (Å²) < 4.78 is 5.73. The summed E-state index contributed by atoms with van der Waals surface area (Å²) in [5.74, 6) is 0.725. The Bertz CT molecular complexity index is 745. The lowest BCUT2D eigenvalue weighted by molar-refractivity contribution is 0.220. The molecule has 1 aliphatic rings. The average molecular weight is 347 g/mol. The van der Waals surface area contributed by atoms with Crippen LogP contribution in [-0.4, -0.2) is 42.3 Å². The fourth-order valence-corrected chi connectivity index (χ4v) is 3.67. The van der Waals surface area contributed by atoms with Crippen molar-refractivity contribution in [2.24, 2.45) is 5.73 Å². The first-order valence-corrected chi connectivity index (χ1v) is 8.66. The van der Waals surface area contributed by atoms with E-state index in [4.69, 9.17) is 10.5 Å². The zero-order valence-electron chi connectivity index (χ0n) is 13.5. The normalized spacial score (nSPS) is 14.5. The average Bonchev–Trinajstić information content (AvgIpc) is 2.84. The summed E-state index contributed by atoms with van der Waals surface area (Å²) in [6.07, 6.45) is 0. The number of nitrogens with zero attached hydrogens (tertiary/aromatic N) is 1. The second-order valence-electron chi connectivity index (χ2n) is 5.81. The van der Waals surface area contributed by atoms with Gasteiger partial charge >= 0.3 is 6.03 Å². The summed E-state index contributed by atoms with van der Waals surface area (Å²) in [5.41, 5.74) is 7.04. The molecule has 7 heteroatoms. The van der Waals surface area contributed by atoms with Crippen molar-refractivity contribution in [2.75, 3.05) is 26.2 Å². The quantitative estimate of drug-likeness (QED) is 0.792. The van der Waals surface area contributed by atoms with Gasteiger partial charge in [0.1, 0.15) is 6.61 Å². The van der Waals surface area contributed by atoms with Crippen molar-refractivity contribution in [3.63, 3.8) is 0 Å². The third kappa shape index (κ3) is 3.80. The number of benzene rings is 1. The largest absolute Gasteiger partial charge is 0.504 e. The molecule has 3 rings (SSSR count). The van der Waals surface area contributed by atoms with Gasteiger partial charge in [0, 0.05) is 41.5 Å². The molecule has 0 fully saturated rings. The van der Waals surface area contributed by atoms with E-state index in [0.717, 1.165) is 22.5 Å². The van der Waals surface area contributed by atoms with Gasteiger partial charge in [-0.2, -0.15) is 0 Å². The van der Waals surface area contributed by atoms with E-state index in [0.29, 0.717) is 32.0 Å². The SMILES string of the molecule is Cc1ccc(-c2cc(O)c3c(c2)CN(CCNC(N)=O)CCO3)s1. The van der Waals surface area contributed by atoms with E-state index < -0.39 is 6.03 Å². The number of carbonyl (C=O) groups excluding carboxylic acids is 1. The molecule has 0 spiro atoms. The Morgan fingerprint density at radius 3 is 3.00 bits per heavy atom. The first-order valence-electron chi connectivity index (χ1n) is 7.84. The van der Waals surface area contributed by atoms with Crippen LogP contribution in [0.1, 0.15) is 10.4 Å². The van der Waals surface area contributed by atoms with E-state index in [2.05, 4.69) is 35.3 Å². The minimum atomic E-state index is -0.519. The van der Waals surface area contributed by atoms with Gasteiger partial charge in [-0.05, 0) is 36.8 Å². The van der Waals surface area contributed by atoms with Crippen LogP contribution in [0.5, 0.6) is 11.5 Å². The zero-order valence-corrected chi connectivity index (χ0v) is 14.4. The number of urea groups is 1. The third-order valence-corrected chi connectivity index (χ3v) is 5.00. The van der Waals surface area contributed by atoms with Gasteiger partial charge in [0.05, 0.1) is 0 Å². The Morgan fingerprint density at radius 2 is 2.29 bits per heavy atom. The molecule has 0 saturated carbocycles. The van der Waals surface area contributed by atoms with E-state index in [1.807, 2.05) is 0 Å². The number of nitrogens with two attached hydrogens (primary N) is 1. The first-order chi connectivity index (χ1) is 11.5. The fraction of sp³-hybridized carbons (Fsp3) is 0.353. The Labute approximate surface area is 144 Å². The molecule has 4 N–H and O–H groups in total. The number of thiophene rings is 1. The highest BCUT2D eigenvalue weighted by atomic mass is 32.1. The van der Waals surface area contributed by atoms with Crippen molar-refractivity contribution in [1.82, 2.24) is 10.2 Å². The lowest BCUT2D eigenvalue weighted by atomic mass is 10.1. The van der Waals surface area contributed by atoms with Crippen LogP contribution in [0.15, 0.2) is 24.3 Å². The number of aryl methyl sites for hydroxylation is 1. The maximum Gasteiger partial charge on any atom is 0.312 e. The molecule has 0 radical (unpaired) electrons. The first kappa shape index (κ1) is 16.6. The van der Waals surface area contributed by atoms with Crippen molar-refractivity contribution in [1.29, 1.82) is 0 Å². The number of phenolic OH excluding ortho intramolecular Hbond substituents is 1. The lowest BCUT2D eigenvalue weighted by Crippen LogP contribution is -2.37. The molecule has 0 unspecified atom stereocenters. The number of amides is 2. The van der Waals surface area contributed by atoms with Gasteiger partial charge in [0.2, 0.25) is 0 Å². The predicted octanol–water partition coefficient (Wildman–Crippen LogP) is 2.29. The standard InChI is InChI=1S/C17H21N3O3S/c1-11-2-3-15(24-11)12-8-13-10-20(5-4-19-17(18)22)6-7-23-16(13)14(21)9-12/h2-3,8-9,21H,4-7,10H2,1H3,(H3,18,19,22). The molecular weight excluding hydrogens is 326 g/mol. The van der Waals surface area contributed by atoms with Crippen LogP contribution in [-0.2, 0) is 6.54 Å². The molecule has 2 heterocycles. The molecular formula is C17H21N3O3S. The molecule has 0 saturated heterocycles. The third-order valence-electron chi connectivity index (χ3n) is 3.95. The Balaban J connectivity index is 1.82. The van der Waals surface area contributed by atoms with Gasteiger partial charge in [-0.3, -0.25) is 4.90 Å². The highest BCUT2D eigenvalue weighted by Gasteiger charge is 2.20. The highest BCUT2D eigenvalue weighted by Crippen LogP contribution is 2.39. The van der Waals surface area contributed by atoms with Crippen LogP contribution < -0.4 is 15.8 Å². The highest BCUT2D eigenvalue weighted by molar-refractivity contribution is 7.15. The monoisotopic (exact) mass is 347 g/mol. The van der Waals surface area contributed by atoms with Crippen LogP contribution in [0.25, 0.3) is 10.4 Å². The summed E-state index contributed by atoms with van der Waals surface area (Å²) in [7, 11) is 0. The van der Waals surface area contributed by atoms with E-state index >= 15 is 0 Å². The number of aromatic hydroxyl groups is 1.